The maximum Gasteiger partial charge on any atom is 0.316 e. The molecule has 0 amide bonds. The summed E-state index contributed by atoms with van der Waals surface area (Å²) in [7, 11) is 0. The van der Waals surface area contributed by atoms with Gasteiger partial charge < -0.3 is 4.74 Å². The standard InChI is InChI=1S/C9H14O3/c1-5(2)8-4-7(6(3)10)9(11)12-8/h5,7-8H,4H2,1-3H3/t7-,8+/m0/s1. The molecule has 1 saturated heterocycles. The summed E-state index contributed by atoms with van der Waals surface area (Å²) in [4.78, 5) is 22.0. The van der Waals surface area contributed by atoms with Crippen LogP contribution in [-0.2, 0) is 14.3 Å². The lowest BCUT2D eigenvalue weighted by molar-refractivity contribution is -0.147. The fraction of sp³-hybridized carbons (Fsp3) is 0.778. The summed E-state index contributed by atoms with van der Waals surface area (Å²) in [6.07, 6.45) is 0.498. The quantitative estimate of drug-likeness (QED) is 0.461. The molecular weight excluding hydrogens is 156 g/mol. The molecule has 1 fully saturated rings. The topological polar surface area (TPSA) is 43.4 Å². The lowest BCUT2D eigenvalue weighted by atomic mass is 9.96. The number of cyclic esters (lactones) is 1. The Bertz CT molecular complexity index is 208. The van der Waals surface area contributed by atoms with Crippen LogP contribution in [0.1, 0.15) is 27.2 Å². The second-order valence-electron chi connectivity index (χ2n) is 3.62. The predicted molar refractivity (Wildman–Crippen MR) is 43.5 cm³/mol. The van der Waals surface area contributed by atoms with Crippen molar-refractivity contribution in [3.63, 3.8) is 0 Å². The fourth-order valence-electron chi connectivity index (χ4n) is 1.35. The minimum Gasteiger partial charge on any atom is -0.462 e. The second kappa shape index (κ2) is 3.25. The van der Waals surface area contributed by atoms with Gasteiger partial charge in [-0.3, -0.25) is 9.59 Å². The number of Topliss-reactive ketones (excluding diaryl/α,β-unsaturated/α-hetero) is 1. The summed E-state index contributed by atoms with van der Waals surface area (Å²) in [5.74, 6) is -0.625. The highest BCUT2D eigenvalue weighted by atomic mass is 16.6. The minimum atomic E-state index is -0.502. The van der Waals surface area contributed by atoms with E-state index in [9.17, 15) is 9.59 Å². The van der Waals surface area contributed by atoms with Crippen LogP contribution in [0.15, 0.2) is 0 Å². The summed E-state index contributed by atoms with van der Waals surface area (Å²) in [6.45, 7) is 5.41. The molecule has 0 spiro atoms. The number of esters is 1. The van der Waals surface area contributed by atoms with Gasteiger partial charge in [-0.05, 0) is 12.8 Å². The molecule has 0 aromatic heterocycles. The van der Waals surface area contributed by atoms with Crippen LogP contribution < -0.4 is 0 Å². The minimum absolute atomic E-state index is 0.0635. The molecule has 0 aliphatic carbocycles. The normalized spacial score (nSPS) is 29.2. The van der Waals surface area contributed by atoms with Crippen LogP contribution in [0.5, 0.6) is 0 Å². The Kier molecular flexibility index (Phi) is 2.50. The number of hydrogen-bond acceptors (Lipinski definition) is 3. The van der Waals surface area contributed by atoms with Gasteiger partial charge in [-0.1, -0.05) is 13.8 Å². The molecule has 1 aliphatic rings. The van der Waals surface area contributed by atoms with Gasteiger partial charge in [0.05, 0.1) is 0 Å². The van der Waals surface area contributed by atoms with E-state index in [1.807, 2.05) is 13.8 Å². The third-order valence-corrected chi connectivity index (χ3v) is 2.25. The first-order valence-corrected chi connectivity index (χ1v) is 4.23. The van der Waals surface area contributed by atoms with E-state index in [-0.39, 0.29) is 17.9 Å². The summed E-state index contributed by atoms with van der Waals surface area (Å²) < 4.78 is 5.04. The third-order valence-electron chi connectivity index (χ3n) is 2.25. The van der Waals surface area contributed by atoms with Crippen molar-refractivity contribution < 1.29 is 14.3 Å². The maximum atomic E-state index is 11.1. The van der Waals surface area contributed by atoms with Gasteiger partial charge in [-0.15, -0.1) is 0 Å². The Labute approximate surface area is 72.1 Å². The molecule has 1 aliphatic heterocycles. The molecule has 0 saturated carbocycles. The molecule has 0 radical (unpaired) electrons. The summed E-state index contributed by atoms with van der Waals surface area (Å²) in [6, 6.07) is 0. The molecular formula is C9H14O3. The van der Waals surface area contributed by atoms with Gasteiger partial charge >= 0.3 is 5.97 Å². The fourth-order valence-corrected chi connectivity index (χ4v) is 1.35. The summed E-state index contributed by atoms with van der Waals surface area (Å²) in [5, 5.41) is 0. The zero-order valence-electron chi connectivity index (χ0n) is 7.66. The summed E-state index contributed by atoms with van der Waals surface area (Å²) in [5.41, 5.74) is 0. The Balaban J connectivity index is 2.62. The van der Waals surface area contributed by atoms with Crippen LogP contribution in [0.25, 0.3) is 0 Å². The zero-order chi connectivity index (χ0) is 9.30. The molecule has 0 unspecified atom stereocenters. The monoisotopic (exact) mass is 170 g/mol. The lowest BCUT2D eigenvalue weighted by Crippen LogP contribution is -2.15. The SMILES string of the molecule is CC(=O)[C@@H]1C[C@H](C(C)C)OC1=O. The van der Waals surface area contributed by atoms with Crippen molar-refractivity contribution >= 4 is 11.8 Å². The maximum absolute atomic E-state index is 11.1. The average Bonchev–Trinajstić information content (AvgIpc) is 2.30. The van der Waals surface area contributed by atoms with E-state index in [1.165, 1.54) is 6.92 Å². The molecule has 3 heteroatoms. The smallest absolute Gasteiger partial charge is 0.316 e. The van der Waals surface area contributed by atoms with E-state index in [1.54, 1.807) is 0 Å². The van der Waals surface area contributed by atoms with E-state index >= 15 is 0 Å². The largest absolute Gasteiger partial charge is 0.462 e. The van der Waals surface area contributed by atoms with Crippen molar-refractivity contribution in [1.82, 2.24) is 0 Å². The molecule has 0 N–H and O–H groups in total. The van der Waals surface area contributed by atoms with Crippen molar-refractivity contribution in [2.75, 3.05) is 0 Å². The van der Waals surface area contributed by atoms with Gasteiger partial charge in [0.15, 0.2) is 0 Å². The highest BCUT2D eigenvalue weighted by molar-refractivity contribution is 5.98. The number of carbonyl (C=O) groups excluding carboxylic acids is 2. The van der Waals surface area contributed by atoms with Gasteiger partial charge in [0.1, 0.15) is 17.8 Å². The van der Waals surface area contributed by atoms with Crippen molar-refractivity contribution in [3.05, 3.63) is 0 Å². The zero-order valence-corrected chi connectivity index (χ0v) is 7.66. The highest BCUT2D eigenvalue weighted by Gasteiger charge is 2.38. The first-order chi connectivity index (χ1) is 5.52. The number of hydrogen-bond donors (Lipinski definition) is 0. The van der Waals surface area contributed by atoms with Gasteiger partial charge in [0, 0.05) is 6.42 Å². The third kappa shape index (κ3) is 1.65. The van der Waals surface area contributed by atoms with Crippen molar-refractivity contribution in [2.24, 2.45) is 11.8 Å². The molecule has 0 aromatic carbocycles. The van der Waals surface area contributed by atoms with E-state index in [0.717, 1.165) is 0 Å². The molecule has 0 aromatic rings. The van der Waals surface area contributed by atoms with Crippen molar-refractivity contribution in [2.45, 2.75) is 33.3 Å². The first-order valence-electron chi connectivity index (χ1n) is 4.23. The predicted octanol–water partition coefficient (Wildman–Crippen LogP) is 1.16. The summed E-state index contributed by atoms with van der Waals surface area (Å²) >= 11 is 0. The van der Waals surface area contributed by atoms with Crippen molar-refractivity contribution in [3.8, 4) is 0 Å². The molecule has 1 heterocycles. The van der Waals surface area contributed by atoms with Crippen LogP contribution in [-0.4, -0.2) is 17.9 Å². The van der Waals surface area contributed by atoms with E-state index in [0.29, 0.717) is 12.3 Å². The van der Waals surface area contributed by atoms with Crippen LogP contribution >= 0.6 is 0 Å². The van der Waals surface area contributed by atoms with E-state index in [4.69, 9.17) is 4.74 Å². The van der Waals surface area contributed by atoms with E-state index in [2.05, 4.69) is 0 Å². The molecule has 12 heavy (non-hydrogen) atoms. The highest BCUT2D eigenvalue weighted by Crippen LogP contribution is 2.26. The first kappa shape index (κ1) is 9.23. The van der Waals surface area contributed by atoms with Crippen LogP contribution in [0.3, 0.4) is 0 Å². The van der Waals surface area contributed by atoms with Gasteiger partial charge in [-0.25, -0.2) is 0 Å². The number of rotatable bonds is 2. The van der Waals surface area contributed by atoms with Crippen LogP contribution in [0.4, 0.5) is 0 Å². The average molecular weight is 170 g/mol. The Morgan fingerprint density at radius 1 is 1.58 bits per heavy atom. The van der Waals surface area contributed by atoms with Crippen LogP contribution in [0, 0.1) is 11.8 Å². The van der Waals surface area contributed by atoms with Gasteiger partial charge in [-0.2, -0.15) is 0 Å². The number of carbonyl (C=O) groups is 2. The number of ketones is 1. The number of ether oxygens (including phenoxy) is 1. The Morgan fingerprint density at radius 2 is 2.17 bits per heavy atom. The Hall–Kier alpha value is -0.860. The lowest BCUT2D eigenvalue weighted by Gasteiger charge is -2.11. The molecule has 0 bridgehead atoms. The van der Waals surface area contributed by atoms with E-state index < -0.39 is 5.92 Å². The van der Waals surface area contributed by atoms with Gasteiger partial charge in [0.25, 0.3) is 0 Å². The van der Waals surface area contributed by atoms with Crippen molar-refractivity contribution in [1.29, 1.82) is 0 Å². The molecule has 2 atom stereocenters. The molecule has 68 valence electrons. The van der Waals surface area contributed by atoms with Crippen LogP contribution in [0.2, 0.25) is 0 Å². The molecule has 1 rings (SSSR count). The second-order valence-corrected chi connectivity index (χ2v) is 3.62. The van der Waals surface area contributed by atoms with Gasteiger partial charge in [0.2, 0.25) is 0 Å². The molecule has 3 nitrogen and oxygen atoms in total. The Morgan fingerprint density at radius 3 is 2.42 bits per heavy atom.